The van der Waals surface area contributed by atoms with E-state index in [2.05, 4.69) is 37.2 Å². The molecule has 0 saturated carbocycles. The van der Waals surface area contributed by atoms with E-state index in [1.54, 1.807) is 38.3 Å². The molecule has 0 aliphatic heterocycles. The summed E-state index contributed by atoms with van der Waals surface area (Å²) >= 11 is 6.78. The number of methoxy groups -OCH3 is 2. The number of carbonyl (C=O) groups excluding carboxylic acids is 1. The van der Waals surface area contributed by atoms with E-state index in [4.69, 9.17) is 14.2 Å². The van der Waals surface area contributed by atoms with Gasteiger partial charge >= 0.3 is 0 Å². The van der Waals surface area contributed by atoms with Crippen molar-refractivity contribution in [2.24, 2.45) is 0 Å². The first kappa shape index (κ1) is 18.6. The maximum absolute atomic E-state index is 12.4. The summed E-state index contributed by atoms with van der Waals surface area (Å²) in [6.45, 7) is 1.68. The molecule has 0 fully saturated rings. The topological polar surface area (TPSA) is 56.8 Å². The van der Waals surface area contributed by atoms with Crippen LogP contribution in [0.3, 0.4) is 0 Å². The van der Waals surface area contributed by atoms with Crippen LogP contribution in [0.25, 0.3) is 0 Å². The zero-order chi connectivity index (χ0) is 17.7. The Morgan fingerprint density at radius 2 is 1.75 bits per heavy atom. The van der Waals surface area contributed by atoms with Crippen LogP contribution in [0.1, 0.15) is 6.92 Å². The summed E-state index contributed by atoms with van der Waals surface area (Å²) in [5.74, 6) is 1.45. The number of hydrogen-bond donors (Lipinski definition) is 1. The predicted molar refractivity (Wildman–Crippen MR) is 100 cm³/mol. The molecule has 0 aliphatic carbocycles. The van der Waals surface area contributed by atoms with Crippen LogP contribution in [-0.4, -0.2) is 26.2 Å². The molecule has 0 aliphatic rings. The van der Waals surface area contributed by atoms with Crippen LogP contribution in [0, 0.1) is 0 Å². The SMILES string of the molecule is COc1ccc(OC)c(NC(=O)[C@@H](C)Oc2ccc(Br)cc2Br)c1. The van der Waals surface area contributed by atoms with Gasteiger partial charge in [0.15, 0.2) is 6.10 Å². The van der Waals surface area contributed by atoms with Gasteiger partial charge in [0.05, 0.1) is 24.4 Å². The molecule has 2 rings (SSSR count). The summed E-state index contributed by atoms with van der Waals surface area (Å²) < 4.78 is 17.8. The van der Waals surface area contributed by atoms with Gasteiger partial charge in [0.1, 0.15) is 17.2 Å². The summed E-state index contributed by atoms with van der Waals surface area (Å²) in [5.41, 5.74) is 0.521. The van der Waals surface area contributed by atoms with Crippen LogP contribution in [-0.2, 0) is 4.79 Å². The Kier molecular flexibility index (Phi) is 6.51. The number of rotatable bonds is 6. The van der Waals surface area contributed by atoms with E-state index < -0.39 is 6.10 Å². The minimum Gasteiger partial charge on any atom is -0.497 e. The van der Waals surface area contributed by atoms with E-state index in [1.165, 1.54) is 7.11 Å². The van der Waals surface area contributed by atoms with Gasteiger partial charge in [-0.25, -0.2) is 0 Å². The molecule has 7 heteroatoms. The van der Waals surface area contributed by atoms with Gasteiger partial charge in [-0.3, -0.25) is 4.79 Å². The highest BCUT2D eigenvalue weighted by molar-refractivity contribution is 9.11. The molecule has 1 amide bonds. The van der Waals surface area contributed by atoms with Crippen LogP contribution in [0.15, 0.2) is 45.3 Å². The minimum atomic E-state index is -0.696. The Bertz CT molecular complexity index is 737. The maximum Gasteiger partial charge on any atom is 0.265 e. The molecule has 0 unspecified atom stereocenters. The molecule has 2 aromatic carbocycles. The second-order valence-electron chi connectivity index (χ2n) is 4.89. The number of amides is 1. The zero-order valence-electron chi connectivity index (χ0n) is 13.4. The Morgan fingerprint density at radius 1 is 1.04 bits per heavy atom. The van der Waals surface area contributed by atoms with Crippen molar-refractivity contribution >= 4 is 43.5 Å². The van der Waals surface area contributed by atoms with Gasteiger partial charge in [-0.15, -0.1) is 0 Å². The lowest BCUT2D eigenvalue weighted by Gasteiger charge is -2.17. The van der Waals surface area contributed by atoms with Crippen LogP contribution in [0.5, 0.6) is 17.2 Å². The first-order valence-electron chi connectivity index (χ1n) is 7.09. The number of hydrogen-bond acceptors (Lipinski definition) is 4. The molecule has 24 heavy (non-hydrogen) atoms. The molecule has 1 N–H and O–H groups in total. The number of benzene rings is 2. The molecule has 0 heterocycles. The molecule has 128 valence electrons. The van der Waals surface area contributed by atoms with Crippen molar-refractivity contribution in [3.05, 3.63) is 45.3 Å². The smallest absolute Gasteiger partial charge is 0.265 e. The van der Waals surface area contributed by atoms with Crippen molar-refractivity contribution in [1.82, 2.24) is 0 Å². The lowest BCUT2D eigenvalue weighted by Crippen LogP contribution is -2.30. The Balaban J connectivity index is 2.11. The maximum atomic E-state index is 12.4. The summed E-state index contributed by atoms with van der Waals surface area (Å²) in [5, 5.41) is 2.79. The number of carbonyl (C=O) groups is 1. The van der Waals surface area contributed by atoms with Gasteiger partial charge in [-0.2, -0.15) is 0 Å². The molecule has 0 bridgehead atoms. The summed E-state index contributed by atoms with van der Waals surface area (Å²) in [6.07, 6.45) is -0.696. The summed E-state index contributed by atoms with van der Waals surface area (Å²) in [4.78, 5) is 12.4. The molecule has 0 aromatic heterocycles. The lowest BCUT2D eigenvalue weighted by molar-refractivity contribution is -0.122. The second kappa shape index (κ2) is 8.39. The number of anilines is 1. The fourth-order valence-corrected chi connectivity index (χ4v) is 3.10. The molecular weight excluding hydrogens is 442 g/mol. The first-order chi connectivity index (χ1) is 11.4. The third-order valence-corrected chi connectivity index (χ3v) is 4.34. The quantitative estimate of drug-likeness (QED) is 0.685. The zero-order valence-corrected chi connectivity index (χ0v) is 16.6. The number of nitrogens with one attached hydrogen (secondary N) is 1. The predicted octanol–water partition coefficient (Wildman–Crippen LogP) is 4.63. The highest BCUT2D eigenvalue weighted by Gasteiger charge is 2.18. The summed E-state index contributed by atoms with van der Waals surface area (Å²) in [7, 11) is 3.10. The van der Waals surface area contributed by atoms with Crippen molar-refractivity contribution < 1.29 is 19.0 Å². The number of halogens is 2. The standard InChI is InChI=1S/C17H17Br2NO4/c1-10(24-15-6-4-11(18)8-13(15)19)17(21)20-14-9-12(22-2)5-7-16(14)23-3/h4-10H,1-3H3,(H,20,21)/t10-/m1/s1. The van der Waals surface area contributed by atoms with Crippen molar-refractivity contribution in [2.45, 2.75) is 13.0 Å². The first-order valence-corrected chi connectivity index (χ1v) is 8.67. The third kappa shape index (κ3) is 4.64. The van der Waals surface area contributed by atoms with Crippen LogP contribution in [0.4, 0.5) is 5.69 Å². The van der Waals surface area contributed by atoms with Crippen LogP contribution in [0.2, 0.25) is 0 Å². The second-order valence-corrected chi connectivity index (χ2v) is 6.66. The molecule has 5 nitrogen and oxygen atoms in total. The summed E-state index contributed by atoms with van der Waals surface area (Å²) in [6, 6.07) is 10.7. The van der Waals surface area contributed by atoms with Gasteiger partial charge in [-0.05, 0) is 53.2 Å². The van der Waals surface area contributed by atoms with E-state index in [-0.39, 0.29) is 5.91 Å². The molecule has 2 aromatic rings. The van der Waals surface area contributed by atoms with E-state index >= 15 is 0 Å². The van der Waals surface area contributed by atoms with Gasteiger partial charge in [0.25, 0.3) is 5.91 Å². The van der Waals surface area contributed by atoms with E-state index in [0.29, 0.717) is 22.9 Å². The third-order valence-electron chi connectivity index (χ3n) is 3.23. The van der Waals surface area contributed by atoms with Crippen LogP contribution < -0.4 is 19.5 Å². The van der Waals surface area contributed by atoms with Gasteiger partial charge in [0, 0.05) is 10.5 Å². The highest BCUT2D eigenvalue weighted by Crippen LogP contribution is 2.31. The van der Waals surface area contributed by atoms with Crippen molar-refractivity contribution in [2.75, 3.05) is 19.5 Å². The van der Waals surface area contributed by atoms with Gasteiger partial charge in [0.2, 0.25) is 0 Å². The van der Waals surface area contributed by atoms with E-state index in [1.807, 2.05) is 12.1 Å². The van der Waals surface area contributed by atoms with Crippen LogP contribution >= 0.6 is 31.9 Å². The Hall–Kier alpha value is -1.73. The fraction of sp³-hybridized carbons (Fsp3) is 0.235. The van der Waals surface area contributed by atoms with Gasteiger partial charge < -0.3 is 19.5 Å². The normalized spacial score (nSPS) is 11.5. The minimum absolute atomic E-state index is 0.295. The fourth-order valence-electron chi connectivity index (χ4n) is 1.96. The van der Waals surface area contributed by atoms with Gasteiger partial charge in [-0.1, -0.05) is 15.9 Å². The van der Waals surface area contributed by atoms with E-state index in [9.17, 15) is 4.79 Å². The monoisotopic (exact) mass is 457 g/mol. The molecule has 1 atom stereocenters. The molecular formula is C17H17Br2NO4. The molecule has 0 spiro atoms. The Morgan fingerprint density at radius 3 is 2.38 bits per heavy atom. The van der Waals surface area contributed by atoms with Crippen molar-refractivity contribution in [3.63, 3.8) is 0 Å². The van der Waals surface area contributed by atoms with E-state index in [0.717, 1.165) is 8.95 Å². The average molecular weight is 459 g/mol. The van der Waals surface area contributed by atoms with Crippen molar-refractivity contribution in [3.8, 4) is 17.2 Å². The average Bonchev–Trinajstić information content (AvgIpc) is 2.57. The molecule has 0 radical (unpaired) electrons. The highest BCUT2D eigenvalue weighted by atomic mass is 79.9. The Labute approximate surface area is 157 Å². The molecule has 0 saturated heterocycles. The largest absolute Gasteiger partial charge is 0.497 e. The van der Waals surface area contributed by atoms with Crippen molar-refractivity contribution in [1.29, 1.82) is 0 Å². The lowest BCUT2D eigenvalue weighted by atomic mass is 10.2. The number of ether oxygens (including phenoxy) is 3.